The Labute approximate surface area is 175 Å². The minimum atomic E-state index is -0.500. The highest BCUT2D eigenvalue weighted by Gasteiger charge is 2.28. The van der Waals surface area contributed by atoms with Crippen LogP contribution in [0.25, 0.3) is 0 Å². The molecule has 2 aliphatic rings. The topological polar surface area (TPSA) is 105 Å². The van der Waals surface area contributed by atoms with Gasteiger partial charge < -0.3 is 28.7 Å². The minimum Gasteiger partial charge on any atom is -0.485 e. The van der Waals surface area contributed by atoms with Crippen molar-refractivity contribution in [2.45, 2.75) is 23.5 Å². The molecule has 1 N–H and O–H groups in total. The first-order valence-corrected chi connectivity index (χ1v) is 10.1. The van der Waals surface area contributed by atoms with Crippen LogP contribution in [-0.2, 0) is 4.79 Å². The number of rotatable bonds is 5. The fourth-order valence-electron chi connectivity index (χ4n) is 2.96. The standard InChI is InChI=1S/C20H17N3O6S/c1-11(18(24)21-12-6-7-14-16(8-12)27-10-26-14)30-20-23-22-19(29-20)17-9-25-13-4-2-3-5-15(13)28-17/h2-8,11,17H,9-10H2,1H3,(H,21,24)/t11-,17-/m0/s1. The van der Waals surface area contributed by atoms with Gasteiger partial charge in [0.15, 0.2) is 23.0 Å². The molecule has 0 saturated heterocycles. The quantitative estimate of drug-likeness (QED) is 0.613. The van der Waals surface area contributed by atoms with E-state index in [1.54, 1.807) is 25.1 Å². The molecule has 0 fully saturated rings. The van der Waals surface area contributed by atoms with Gasteiger partial charge in [0.25, 0.3) is 11.1 Å². The molecule has 30 heavy (non-hydrogen) atoms. The molecule has 0 radical (unpaired) electrons. The molecule has 1 amide bonds. The van der Waals surface area contributed by atoms with Crippen LogP contribution in [0.4, 0.5) is 5.69 Å². The third-order valence-corrected chi connectivity index (χ3v) is 5.43. The molecule has 1 aromatic heterocycles. The van der Waals surface area contributed by atoms with Crippen LogP contribution in [0.15, 0.2) is 52.1 Å². The maximum Gasteiger partial charge on any atom is 0.277 e. The van der Waals surface area contributed by atoms with Crippen LogP contribution in [0.3, 0.4) is 0 Å². The summed E-state index contributed by atoms with van der Waals surface area (Å²) in [6.07, 6.45) is -0.500. The summed E-state index contributed by atoms with van der Waals surface area (Å²) in [4.78, 5) is 12.5. The van der Waals surface area contributed by atoms with Crippen molar-refractivity contribution < 1.29 is 28.2 Å². The van der Waals surface area contributed by atoms with E-state index in [4.69, 9.17) is 23.4 Å². The van der Waals surface area contributed by atoms with E-state index in [0.29, 0.717) is 34.6 Å². The number of anilines is 1. The minimum absolute atomic E-state index is 0.180. The molecular weight excluding hydrogens is 410 g/mol. The van der Waals surface area contributed by atoms with Crippen LogP contribution < -0.4 is 24.3 Å². The number of para-hydroxylation sites is 2. The first kappa shape index (κ1) is 18.6. The summed E-state index contributed by atoms with van der Waals surface area (Å²) in [7, 11) is 0. The maximum atomic E-state index is 12.5. The van der Waals surface area contributed by atoms with Crippen LogP contribution in [0.5, 0.6) is 23.0 Å². The van der Waals surface area contributed by atoms with Crippen LogP contribution in [-0.4, -0.2) is 34.8 Å². The molecule has 3 aromatic rings. The second kappa shape index (κ2) is 7.79. The number of fused-ring (bicyclic) bond motifs is 2. The van der Waals surface area contributed by atoms with Crippen molar-refractivity contribution >= 4 is 23.4 Å². The van der Waals surface area contributed by atoms with E-state index < -0.39 is 11.4 Å². The molecule has 5 rings (SSSR count). The van der Waals surface area contributed by atoms with Crippen molar-refractivity contribution in [2.75, 3.05) is 18.7 Å². The van der Waals surface area contributed by atoms with E-state index in [1.807, 2.05) is 24.3 Å². The number of ether oxygens (including phenoxy) is 4. The molecule has 2 aliphatic heterocycles. The zero-order valence-electron chi connectivity index (χ0n) is 15.9. The van der Waals surface area contributed by atoms with Crippen molar-refractivity contribution in [1.82, 2.24) is 10.2 Å². The Hall–Kier alpha value is -3.40. The molecule has 3 heterocycles. The molecule has 9 nitrogen and oxygen atoms in total. The number of aromatic nitrogens is 2. The average molecular weight is 427 g/mol. The number of amides is 1. The van der Waals surface area contributed by atoms with Crippen LogP contribution in [0.1, 0.15) is 18.9 Å². The number of thioether (sulfide) groups is 1. The van der Waals surface area contributed by atoms with Gasteiger partial charge in [-0.3, -0.25) is 4.79 Å². The van der Waals surface area contributed by atoms with Gasteiger partial charge in [-0.05, 0) is 31.2 Å². The molecule has 2 aromatic carbocycles. The number of benzene rings is 2. The summed E-state index contributed by atoms with van der Waals surface area (Å²) in [5.74, 6) is 2.66. The number of hydrogen-bond acceptors (Lipinski definition) is 9. The summed E-state index contributed by atoms with van der Waals surface area (Å²) in [5.41, 5.74) is 0.620. The number of carbonyl (C=O) groups is 1. The van der Waals surface area contributed by atoms with Crippen molar-refractivity contribution in [3.8, 4) is 23.0 Å². The van der Waals surface area contributed by atoms with Crippen molar-refractivity contribution in [1.29, 1.82) is 0 Å². The Morgan fingerprint density at radius 3 is 2.77 bits per heavy atom. The Kier molecular flexibility index (Phi) is 4.83. The largest absolute Gasteiger partial charge is 0.485 e. The van der Waals surface area contributed by atoms with E-state index in [1.165, 1.54) is 0 Å². The van der Waals surface area contributed by atoms with Crippen LogP contribution >= 0.6 is 11.8 Å². The molecule has 10 heteroatoms. The number of hydrogen-bond donors (Lipinski definition) is 1. The fraction of sp³-hybridized carbons (Fsp3) is 0.250. The highest BCUT2D eigenvalue weighted by molar-refractivity contribution is 8.00. The first-order valence-electron chi connectivity index (χ1n) is 9.25. The Morgan fingerprint density at radius 1 is 1.07 bits per heavy atom. The zero-order valence-corrected chi connectivity index (χ0v) is 16.7. The highest BCUT2D eigenvalue weighted by atomic mass is 32.2. The third kappa shape index (κ3) is 3.73. The van der Waals surface area contributed by atoms with E-state index in [-0.39, 0.29) is 24.5 Å². The second-order valence-electron chi connectivity index (χ2n) is 6.59. The number of nitrogens with zero attached hydrogens (tertiary/aromatic N) is 2. The third-order valence-electron chi connectivity index (χ3n) is 4.49. The molecule has 0 bridgehead atoms. The summed E-state index contributed by atoms with van der Waals surface area (Å²) in [6, 6.07) is 12.6. The van der Waals surface area contributed by atoms with Gasteiger partial charge in [-0.1, -0.05) is 23.9 Å². The molecule has 154 valence electrons. The normalized spacial score (nSPS) is 17.4. The Balaban J connectivity index is 1.20. The van der Waals surface area contributed by atoms with Gasteiger partial charge >= 0.3 is 0 Å². The van der Waals surface area contributed by atoms with Gasteiger partial charge in [-0.15, -0.1) is 10.2 Å². The summed E-state index contributed by atoms with van der Waals surface area (Å²) >= 11 is 1.16. The summed E-state index contributed by atoms with van der Waals surface area (Å²) in [5, 5.41) is 10.7. The van der Waals surface area contributed by atoms with E-state index >= 15 is 0 Å². The molecule has 0 aliphatic carbocycles. The second-order valence-corrected chi connectivity index (χ2v) is 7.88. The van der Waals surface area contributed by atoms with Gasteiger partial charge in [-0.2, -0.15) is 0 Å². The van der Waals surface area contributed by atoms with Gasteiger partial charge in [0, 0.05) is 11.8 Å². The monoisotopic (exact) mass is 427 g/mol. The molecule has 0 spiro atoms. The molecular formula is C20H17N3O6S. The van der Waals surface area contributed by atoms with Crippen LogP contribution in [0, 0.1) is 0 Å². The Morgan fingerprint density at radius 2 is 1.87 bits per heavy atom. The van der Waals surface area contributed by atoms with Gasteiger partial charge in [0.2, 0.25) is 18.8 Å². The van der Waals surface area contributed by atoms with Gasteiger partial charge in [0.1, 0.15) is 6.61 Å². The lowest BCUT2D eigenvalue weighted by Crippen LogP contribution is -2.22. The highest BCUT2D eigenvalue weighted by Crippen LogP contribution is 2.37. The molecule has 0 saturated carbocycles. The van der Waals surface area contributed by atoms with Crippen molar-refractivity contribution in [2.24, 2.45) is 0 Å². The van der Waals surface area contributed by atoms with E-state index in [2.05, 4.69) is 15.5 Å². The average Bonchev–Trinajstić information content (AvgIpc) is 3.42. The molecule has 0 unspecified atom stereocenters. The van der Waals surface area contributed by atoms with Crippen molar-refractivity contribution in [3.05, 3.63) is 48.4 Å². The Bertz CT molecular complexity index is 1090. The van der Waals surface area contributed by atoms with E-state index in [9.17, 15) is 4.79 Å². The van der Waals surface area contributed by atoms with E-state index in [0.717, 1.165) is 11.8 Å². The predicted molar refractivity (Wildman–Crippen MR) is 106 cm³/mol. The maximum absolute atomic E-state index is 12.5. The van der Waals surface area contributed by atoms with Crippen LogP contribution in [0.2, 0.25) is 0 Å². The SMILES string of the molecule is C[C@H](Sc1nnc([C@@H]2COc3ccccc3O2)o1)C(=O)Nc1ccc2c(c1)OCO2. The zero-order chi connectivity index (χ0) is 20.5. The summed E-state index contributed by atoms with van der Waals surface area (Å²) < 4.78 is 27.8. The van der Waals surface area contributed by atoms with Gasteiger partial charge in [0.05, 0.1) is 5.25 Å². The smallest absolute Gasteiger partial charge is 0.277 e. The lowest BCUT2D eigenvalue weighted by Gasteiger charge is -2.23. The lowest BCUT2D eigenvalue weighted by molar-refractivity contribution is -0.115. The van der Waals surface area contributed by atoms with Crippen molar-refractivity contribution in [3.63, 3.8) is 0 Å². The number of nitrogens with one attached hydrogen (secondary N) is 1. The first-order chi connectivity index (χ1) is 14.7. The predicted octanol–water partition coefficient (Wildman–Crippen LogP) is 3.43. The summed E-state index contributed by atoms with van der Waals surface area (Å²) in [6.45, 7) is 2.20. The lowest BCUT2D eigenvalue weighted by atomic mass is 10.2. The molecule has 2 atom stereocenters. The van der Waals surface area contributed by atoms with Gasteiger partial charge in [-0.25, -0.2) is 0 Å². The fourth-order valence-corrected chi connectivity index (χ4v) is 3.65. The number of carbonyl (C=O) groups excluding carboxylic acids is 1.